The van der Waals surface area contributed by atoms with Crippen molar-refractivity contribution in [2.75, 3.05) is 31.7 Å². The molecule has 4 rings (SSSR count). The highest BCUT2D eigenvalue weighted by Crippen LogP contribution is 2.37. The largest absolute Gasteiger partial charge is 0.394 e. The van der Waals surface area contributed by atoms with E-state index in [-0.39, 0.29) is 24.2 Å². The molecule has 8 nitrogen and oxygen atoms in total. The van der Waals surface area contributed by atoms with Crippen LogP contribution < -0.4 is 11.1 Å². The van der Waals surface area contributed by atoms with Gasteiger partial charge in [0.15, 0.2) is 0 Å². The predicted octanol–water partition coefficient (Wildman–Crippen LogP) is 3.54. The molecule has 0 unspecified atom stereocenters. The third-order valence-corrected chi connectivity index (χ3v) is 7.35. The Morgan fingerprint density at radius 2 is 2.00 bits per heavy atom. The maximum atomic E-state index is 12.2. The Morgan fingerprint density at radius 1 is 1.23 bits per heavy atom. The highest BCUT2D eigenvalue weighted by molar-refractivity contribution is 5.99. The van der Waals surface area contributed by atoms with Gasteiger partial charge in [-0.05, 0) is 81.0 Å². The molecule has 1 aromatic carbocycles. The standard InChI is InChI=1S/C27H40N4O4/c1-18-22-10-11-27(2,3)17-25(22)31(30-18)20-6-9-23(26(28)33)24(16-20)29-19-4-7-21(8-5-19)35-15-14-34-13-12-32/h6,9,16,19,21,29,32H,4-5,7-8,10-15,17H2,1-3H3,(H2,28,33). The van der Waals surface area contributed by atoms with Gasteiger partial charge in [-0.2, -0.15) is 5.10 Å². The van der Waals surface area contributed by atoms with Crippen LogP contribution in [0.2, 0.25) is 0 Å². The predicted molar refractivity (Wildman–Crippen MR) is 136 cm³/mol. The summed E-state index contributed by atoms with van der Waals surface area (Å²) in [5.74, 6) is -0.432. The number of amides is 1. The Balaban J connectivity index is 1.46. The molecule has 0 radical (unpaired) electrons. The quantitative estimate of drug-likeness (QED) is 0.445. The van der Waals surface area contributed by atoms with E-state index in [9.17, 15) is 4.79 Å². The highest BCUT2D eigenvalue weighted by atomic mass is 16.5. The summed E-state index contributed by atoms with van der Waals surface area (Å²) in [5, 5.41) is 17.2. The molecule has 1 amide bonds. The fourth-order valence-electron chi connectivity index (χ4n) is 5.37. The van der Waals surface area contributed by atoms with Crippen LogP contribution in [0.15, 0.2) is 18.2 Å². The van der Waals surface area contributed by atoms with Crippen molar-refractivity contribution in [1.82, 2.24) is 9.78 Å². The van der Waals surface area contributed by atoms with Crippen molar-refractivity contribution >= 4 is 11.6 Å². The fourth-order valence-corrected chi connectivity index (χ4v) is 5.37. The van der Waals surface area contributed by atoms with Crippen molar-refractivity contribution in [3.8, 4) is 5.69 Å². The normalized spacial score (nSPS) is 21.5. The molecule has 8 heteroatoms. The number of aliphatic hydroxyl groups excluding tert-OH is 1. The molecule has 4 N–H and O–H groups in total. The summed E-state index contributed by atoms with van der Waals surface area (Å²) in [6.45, 7) is 8.14. The van der Waals surface area contributed by atoms with Crippen molar-refractivity contribution < 1.29 is 19.4 Å². The highest BCUT2D eigenvalue weighted by Gasteiger charge is 2.30. The minimum Gasteiger partial charge on any atom is -0.394 e. The molecule has 0 spiro atoms. The number of carbonyl (C=O) groups is 1. The van der Waals surface area contributed by atoms with Crippen LogP contribution in [0.25, 0.3) is 5.69 Å². The van der Waals surface area contributed by atoms with Gasteiger partial charge >= 0.3 is 0 Å². The third kappa shape index (κ3) is 6.23. The maximum Gasteiger partial charge on any atom is 0.250 e. The summed E-state index contributed by atoms with van der Waals surface area (Å²) >= 11 is 0. The van der Waals surface area contributed by atoms with E-state index in [4.69, 9.17) is 25.4 Å². The van der Waals surface area contributed by atoms with Gasteiger partial charge in [0.05, 0.1) is 49.5 Å². The molecule has 1 fully saturated rings. The van der Waals surface area contributed by atoms with Gasteiger partial charge in [-0.1, -0.05) is 13.8 Å². The summed E-state index contributed by atoms with van der Waals surface area (Å²) in [5.41, 5.74) is 11.9. The monoisotopic (exact) mass is 484 g/mol. The van der Waals surface area contributed by atoms with Crippen LogP contribution in [-0.4, -0.2) is 59.4 Å². The van der Waals surface area contributed by atoms with Gasteiger partial charge in [0.1, 0.15) is 0 Å². The lowest BCUT2D eigenvalue weighted by Gasteiger charge is -2.31. The zero-order valence-corrected chi connectivity index (χ0v) is 21.3. The molecule has 1 aromatic heterocycles. The number of fused-ring (bicyclic) bond motifs is 1. The van der Waals surface area contributed by atoms with E-state index in [2.05, 4.69) is 30.8 Å². The summed E-state index contributed by atoms with van der Waals surface area (Å²) in [6.07, 6.45) is 7.23. The van der Waals surface area contributed by atoms with Crippen LogP contribution in [0.1, 0.15) is 73.3 Å². The van der Waals surface area contributed by atoms with Crippen LogP contribution in [0.5, 0.6) is 0 Å². The van der Waals surface area contributed by atoms with E-state index >= 15 is 0 Å². The number of nitrogens with one attached hydrogen (secondary N) is 1. The molecule has 0 atom stereocenters. The third-order valence-electron chi connectivity index (χ3n) is 7.35. The lowest BCUT2D eigenvalue weighted by Crippen LogP contribution is -2.31. The number of aromatic nitrogens is 2. The first kappa shape index (κ1) is 25.7. The smallest absolute Gasteiger partial charge is 0.250 e. The maximum absolute atomic E-state index is 12.2. The van der Waals surface area contributed by atoms with E-state index in [1.165, 1.54) is 17.7 Å². The molecule has 192 valence electrons. The summed E-state index contributed by atoms with van der Waals surface area (Å²) < 4.78 is 13.2. The second kappa shape index (κ2) is 11.1. The molecule has 1 saturated carbocycles. The van der Waals surface area contributed by atoms with Crippen molar-refractivity contribution in [3.63, 3.8) is 0 Å². The van der Waals surface area contributed by atoms with Gasteiger partial charge in [0.2, 0.25) is 0 Å². The van der Waals surface area contributed by atoms with Gasteiger partial charge in [-0.25, -0.2) is 4.68 Å². The topological polar surface area (TPSA) is 112 Å². The Kier molecular flexibility index (Phi) is 8.14. The molecular weight excluding hydrogens is 444 g/mol. The Morgan fingerprint density at radius 3 is 2.71 bits per heavy atom. The van der Waals surface area contributed by atoms with E-state index in [0.717, 1.165) is 55.6 Å². The number of anilines is 1. The van der Waals surface area contributed by atoms with Gasteiger partial charge < -0.3 is 25.6 Å². The van der Waals surface area contributed by atoms with Crippen LogP contribution in [0, 0.1) is 12.3 Å². The zero-order valence-electron chi connectivity index (χ0n) is 21.3. The lowest BCUT2D eigenvalue weighted by molar-refractivity contribution is -0.0164. The van der Waals surface area contributed by atoms with E-state index in [1.54, 1.807) is 0 Å². The number of nitrogens with zero attached hydrogens (tertiary/aromatic N) is 2. The number of benzene rings is 1. The fraction of sp³-hybridized carbons (Fsp3) is 0.630. The van der Waals surface area contributed by atoms with E-state index < -0.39 is 5.91 Å². The number of hydrogen-bond donors (Lipinski definition) is 3. The summed E-state index contributed by atoms with van der Waals surface area (Å²) in [7, 11) is 0. The molecule has 0 aliphatic heterocycles. The van der Waals surface area contributed by atoms with Crippen LogP contribution in [0.3, 0.4) is 0 Å². The van der Waals surface area contributed by atoms with Crippen molar-refractivity contribution in [1.29, 1.82) is 0 Å². The Bertz CT molecular complexity index is 1020. The summed E-state index contributed by atoms with van der Waals surface area (Å²) in [4.78, 5) is 12.2. The van der Waals surface area contributed by atoms with Gasteiger partial charge in [-0.15, -0.1) is 0 Å². The molecule has 35 heavy (non-hydrogen) atoms. The molecular formula is C27H40N4O4. The Hall–Kier alpha value is -2.42. The minimum absolute atomic E-state index is 0.0335. The van der Waals surface area contributed by atoms with E-state index in [0.29, 0.717) is 25.4 Å². The number of aryl methyl sites for hydroxylation is 1. The molecule has 1 heterocycles. The molecule has 2 aromatic rings. The first-order valence-corrected chi connectivity index (χ1v) is 12.9. The molecule has 2 aliphatic carbocycles. The van der Waals surface area contributed by atoms with Crippen molar-refractivity contribution in [2.45, 2.75) is 77.9 Å². The average molecular weight is 485 g/mol. The minimum atomic E-state index is -0.432. The SMILES string of the molecule is Cc1nn(-c2ccc(C(N)=O)c(NC3CCC(OCCOCCO)CC3)c2)c2c1CCC(C)(C)C2. The number of carbonyl (C=O) groups excluding carboxylic acids is 1. The number of aliphatic hydroxyl groups is 1. The number of rotatable bonds is 10. The molecule has 0 bridgehead atoms. The van der Waals surface area contributed by atoms with Crippen molar-refractivity contribution in [3.05, 3.63) is 40.7 Å². The van der Waals surface area contributed by atoms with Gasteiger partial charge in [0, 0.05) is 17.4 Å². The molecule has 0 saturated heterocycles. The summed E-state index contributed by atoms with van der Waals surface area (Å²) in [6, 6.07) is 6.04. The van der Waals surface area contributed by atoms with Crippen LogP contribution in [0.4, 0.5) is 5.69 Å². The van der Waals surface area contributed by atoms with E-state index in [1.807, 2.05) is 18.2 Å². The zero-order chi connectivity index (χ0) is 25.0. The average Bonchev–Trinajstić information content (AvgIpc) is 3.14. The first-order chi connectivity index (χ1) is 16.8. The number of primary amides is 1. The lowest BCUT2D eigenvalue weighted by atomic mass is 9.76. The number of ether oxygens (including phenoxy) is 2. The van der Waals surface area contributed by atoms with Gasteiger partial charge in [0.25, 0.3) is 5.91 Å². The first-order valence-electron chi connectivity index (χ1n) is 12.9. The van der Waals surface area contributed by atoms with Crippen LogP contribution in [-0.2, 0) is 22.3 Å². The van der Waals surface area contributed by atoms with Crippen molar-refractivity contribution in [2.24, 2.45) is 11.1 Å². The Labute approximate surface area is 208 Å². The second-order valence-corrected chi connectivity index (χ2v) is 10.7. The molecule has 2 aliphatic rings. The number of nitrogens with two attached hydrogens (primary N) is 1. The number of hydrogen-bond acceptors (Lipinski definition) is 6. The van der Waals surface area contributed by atoms with Crippen LogP contribution >= 0.6 is 0 Å². The second-order valence-electron chi connectivity index (χ2n) is 10.7. The van der Waals surface area contributed by atoms with Gasteiger partial charge in [-0.3, -0.25) is 4.79 Å².